The summed E-state index contributed by atoms with van der Waals surface area (Å²) in [5.74, 6) is 0.690. The summed E-state index contributed by atoms with van der Waals surface area (Å²) < 4.78 is 6.40. The molecule has 6 heteroatoms. The summed E-state index contributed by atoms with van der Waals surface area (Å²) in [6.45, 7) is 2.53. The summed E-state index contributed by atoms with van der Waals surface area (Å²) in [5, 5.41) is 3.13. The summed E-state index contributed by atoms with van der Waals surface area (Å²) in [7, 11) is 1.82. The Bertz CT molecular complexity index is 891. The standard InChI is InChI=1S/C23H27N3O3/c1-16(17-9-13-24-14-10-17)25-21(27)18-7-11-23(12-8-18)15-26(2)22(28)19-5-3-4-6-20(19)29-23/h3-6,9-10,13-14,16,18H,7-8,11-12,15H2,1-2H3,(H,25,27)/t16-,18?,23?/m1/s1. The number of fused-ring (bicyclic) bond motifs is 1. The number of carbonyl (C=O) groups excluding carboxylic acids is 2. The summed E-state index contributed by atoms with van der Waals surface area (Å²) >= 11 is 0. The van der Waals surface area contributed by atoms with Crippen LogP contribution in [0.25, 0.3) is 0 Å². The maximum atomic E-state index is 12.8. The Hall–Kier alpha value is -2.89. The van der Waals surface area contributed by atoms with Crippen LogP contribution in [0.4, 0.5) is 0 Å². The van der Waals surface area contributed by atoms with E-state index in [4.69, 9.17) is 4.74 Å². The van der Waals surface area contributed by atoms with Gasteiger partial charge in [-0.25, -0.2) is 0 Å². The average molecular weight is 393 g/mol. The van der Waals surface area contributed by atoms with Crippen molar-refractivity contribution in [3.05, 3.63) is 59.9 Å². The molecule has 4 rings (SSSR count). The van der Waals surface area contributed by atoms with Crippen molar-refractivity contribution in [2.45, 2.75) is 44.2 Å². The number of aromatic nitrogens is 1. The molecule has 0 unspecified atom stereocenters. The van der Waals surface area contributed by atoms with Crippen LogP contribution in [0.5, 0.6) is 5.75 Å². The van der Waals surface area contributed by atoms with Crippen LogP contribution >= 0.6 is 0 Å². The minimum atomic E-state index is -0.426. The smallest absolute Gasteiger partial charge is 0.257 e. The number of likely N-dealkylation sites (N-methyl/N-ethyl adjacent to an activating group) is 1. The Morgan fingerprint density at radius 3 is 2.62 bits per heavy atom. The van der Waals surface area contributed by atoms with E-state index in [1.165, 1.54) is 0 Å². The normalized spacial score (nSPS) is 25.0. The van der Waals surface area contributed by atoms with Crippen LogP contribution in [0.3, 0.4) is 0 Å². The van der Waals surface area contributed by atoms with E-state index in [2.05, 4.69) is 10.3 Å². The number of rotatable bonds is 3. The first kappa shape index (κ1) is 19.4. The summed E-state index contributed by atoms with van der Waals surface area (Å²) in [5.41, 5.74) is 1.23. The number of amides is 2. The highest BCUT2D eigenvalue weighted by Gasteiger charge is 2.43. The van der Waals surface area contributed by atoms with Crippen molar-refractivity contribution in [3.8, 4) is 5.75 Å². The second-order valence-corrected chi connectivity index (χ2v) is 8.23. The highest BCUT2D eigenvalue weighted by molar-refractivity contribution is 5.97. The number of carbonyl (C=O) groups is 2. The fourth-order valence-corrected chi connectivity index (χ4v) is 4.44. The molecule has 1 aliphatic carbocycles. The van der Waals surface area contributed by atoms with Gasteiger partial charge in [0.05, 0.1) is 18.2 Å². The minimum absolute atomic E-state index is 0.0106. The molecule has 1 spiro atoms. The maximum Gasteiger partial charge on any atom is 0.257 e. The van der Waals surface area contributed by atoms with E-state index >= 15 is 0 Å². The zero-order valence-corrected chi connectivity index (χ0v) is 16.9. The van der Waals surface area contributed by atoms with Crippen LogP contribution in [0.2, 0.25) is 0 Å². The molecule has 1 saturated carbocycles. The Morgan fingerprint density at radius 1 is 1.21 bits per heavy atom. The molecule has 2 aromatic rings. The third kappa shape index (κ3) is 3.97. The quantitative estimate of drug-likeness (QED) is 0.868. The van der Waals surface area contributed by atoms with Gasteiger partial charge in [-0.1, -0.05) is 12.1 Å². The second-order valence-electron chi connectivity index (χ2n) is 8.23. The number of pyridine rings is 1. The molecule has 2 amide bonds. The molecule has 1 fully saturated rings. The Labute approximate surface area is 171 Å². The molecular formula is C23H27N3O3. The van der Waals surface area contributed by atoms with Gasteiger partial charge in [0, 0.05) is 25.4 Å². The van der Waals surface area contributed by atoms with Gasteiger partial charge in [0.15, 0.2) is 0 Å². The van der Waals surface area contributed by atoms with Gasteiger partial charge >= 0.3 is 0 Å². The van der Waals surface area contributed by atoms with Crippen molar-refractivity contribution in [2.24, 2.45) is 5.92 Å². The SMILES string of the molecule is C[C@@H](NC(=O)C1CCC2(CC1)CN(C)C(=O)c1ccccc1O2)c1ccncc1. The van der Waals surface area contributed by atoms with Crippen molar-refractivity contribution < 1.29 is 14.3 Å². The average Bonchev–Trinajstić information content (AvgIpc) is 2.84. The van der Waals surface area contributed by atoms with Gasteiger partial charge in [0.2, 0.25) is 5.91 Å². The lowest BCUT2D eigenvalue weighted by atomic mass is 9.77. The predicted molar refractivity (Wildman–Crippen MR) is 110 cm³/mol. The number of para-hydroxylation sites is 1. The van der Waals surface area contributed by atoms with E-state index in [9.17, 15) is 9.59 Å². The number of nitrogens with zero attached hydrogens (tertiary/aromatic N) is 2. The fraction of sp³-hybridized carbons (Fsp3) is 0.435. The Balaban J connectivity index is 1.42. The van der Waals surface area contributed by atoms with E-state index in [1.807, 2.05) is 50.4 Å². The van der Waals surface area contributed by atoms with Gasteiger partial charge in [0.25, 0.3) is 5.91 Å². The van der Waals surface area contributed by atoms with E-state index in [0.717, 1.165) is 31.2 Å². The maximum absolute atomic E-state index is 12.8. The zero-order valence-electron chi connectivity index (χ0n) is 16.9. The van der Waals surface area contributed by atoms with Crippen molar-refractivity contribution in [1.82, 2.24) is 15.2 Å². The number of ether oxygens (including phenoxy) is 1. The van der Waals surface area contributed by atoms with Crippen LogP contribution in [-0.4, -0.2) is 40.9 Å². The molecule has 0 saturated heterocycles. The molecule has 0 bridgehead atoms. The molecule has 152 valence electrons. The molecule has 1 atom stereocenters. The van der Waals surface area contributed by atoms with E-state index in [1.54, 1.807) is 17.3 Å². The third-order valence-corrected chi connectivity index (χ3v) is 6.15. The van der Waals surface area contributed by atoms with Gasteiger partial charge in [-0.3, -0.25) is 14.6 Å². The lowest BCUT2D eigenvalue weighted by molar-refractivity contribution is -0.128. The van der Waals surface area contributed by atoms with Gasteiger partial charge in [0.1, 0.15) is 11.4 Å². The molecule has 1 aromatic heterocycles. The van der Waals surface area contributed by atoms with Crippen LogP contribution < -0.4 is 10.1 Å². The van der Waals surface area contributed by atoms with Crippen molar-refractivity contribution in [3.63, 3.8) is 0 Å². The molecule has 1 aromatic carbocycles. The predicted octanol–water partition coefficient (Wildman–Crippen LogP) is 3.35. The van der Waals surface area contributed by atoms with E-state index < -0.39 is 5.60 Å². The summed E-state index contributed by atoms with van der Waals surface area (Å²) in [6, 6.07) is 11.2. The molecule has 6 nitrogen and oxygen atoms in total. The lowest BCUT2D eigenvalue weighted by Gasteiger charge is -2.40. The van der Waals surface area contributed by atoms with Gasteiger partial charge < -0.3 is 15.0 Å². The molecule has 29 heavy (non-hydrogen) atoms. The summed E-state index contributed by atoms with van der Waals surface area (Å²) in [4.78, 5) is 31.2. The van der Waals surface area contributed by atoms with Crippen molar-refractivity contribution >= 4 is 11.8 Å². The van der Waals surface area contributed by atoms with Crippen molar-refractivity contribution in [1.29, 1.82) is 0 Å². The molecule has 0 radical (unpaired) electrons. The molecule has 1 N–H and O–H groups in total. The topological polar surface area (TPSA) is 71.5 Å². The molecule has 1 aliphatic heterocycles. The first-order chi connectivity index (χ1) is 14.0. The molecular weight excluding hydrogens is 366 g/mol. The van der Waals surface area contributed by atoms with Gasteiger partial charge in [-0.2, -0.15) is 0 Å². The first-order valence-electron chi connectivity index (χ1n) is 10.2. The van der Waals surface area contributed by atoms with Gasteiger partial charge in [-0.15, -0.1) is 0 Å². The number of benzene rings is 1. The minimum Gasteiger partial charge on any atom is -0.485 e. The van der Waals surface area contributed by atoms with Crippen LogP contribution in [0.1, 0.15) is 54.6 Å². The first-order valence-corrected chi connectivity index (χ1v) is 10.2. The number of hydrogen-bond acceptors (Lipinski definition) is 4. The fourth-order valence-electron chi connectivity index (χ4n) is 4.44. The number of hydrogen-bond donors (Lipinski definition) is 1. The molecule has 2 aliphatic rings. The van der Waals surface area contributed by atoms with Crippen LogP contribution in [0.15, 0.2) is 48.8 Å². The second kappa shape index (κ2) is 7.85. The zero-order chi connectivity index (χ0) is 20.4. The third-order valence-electron chi connectivity index (χ3n) is 6.15. The van der Waals surface area contributed by atoms with Crippen LogP contribution in [0, 0.1) is 5.92 Å². The molecule has 2 heterocycles. The highest BCUT2D eigenvalue weighted by atomic mass is 16.5. The largest absolute Gasteiger partial charge is 0.485 e. The van der Waals surface area contributed by atoms with Crippen molar-refractivity contribution in [2.75, 3.05) is 13.6 Å². The van der Waals surface area contributed by atoms with E-state index in [0.29, 0.717) is 17.9 Å². The summed E-state index contributed by atoms with van der Waals surface area (Å²) in [6.07, 6.45) is 6.47. The monoisotopic (exact) mass is 393 g/mol. The number of nitrogens with one attached hydrogen (secondary N) is 1. The Morgan fingerprint density at radius 2 is 1.90 bits per heavy atom. The van der Waals surface area contributed by atoms with E-state index in [-0.39, 0.29) is 23.8 Å². The lowest BCUT2D eigenvalue weighted by Crippen LogP contribution is -2.49. The van der Waals surface area contributed by atoms with Crippen LogP contribution in [-0.2, 0) is 4.79 Å². The van der Waals surface area contributed by atoms with Gasteiger partial charge in [-0.05, 0) is 62.4 Å². The highest BCUT2D eigenvalue weighted by Crippen LogP contribution is 2.40. The Kier molecular flexibility index (Phi) is 5.26.